The van der Waals surface area contributed by atoms with Crippen molar-refractivity contribution in [2.24, 2.45) is 11.3 Å². The number of hydrogen-bond donors (Lipinski definition) is 1. The summed E-state index contributed by atoms with van der Waals surface area (Å²) >= 11 is 3.75. The van der Waals surface area contributed by atoms with E-state index < -0.39 is 0 Å². The van der Waals surface area contributed by atoms with Crippen molar-refractivity contribution in [2.75, 3.05) is 24.5 Å². The third-order valence-corrected chi connectivity index (χ3v) is 4.55. The molecule has 112 valence electrons. The van der Waals surface area contributed by atoms with E-state index in [0.29, 0.717) is 11.3 Å². The van der Waals surface area contributed by atoms with Crippen molar-refractivity contribution in [2.45, 2.75) is 40.7 Å². The van der Waals surface area contributed by atoms with Gasteiger partial charge in [-0.15, -0.1) is 0 Å². The first kappa shape index (κ1) is 15.8. The van der Waals surface area contributed by atoms with Crippen molar-refractivity contribution in [3.05, 3.63) is 28.2 Å². The van der Waals surface area contributed by atoms with Gasteiger partial charge in [-0.3, -0.25) is 0 Å². The lowest BCUT2D eigenvalue weighted by Crippen LogP contribution is -2.23. The molecule has 20 heavy (non-hydrogen) atoms. The van der Waals surface area contributed by atoms with Gasteiger partial charge in [0, 0.05) is 24.1 Å². The molecule has 1 N–H and O–H groups in total. The third-order valence-electron chi connectivity index (χ3n) is 3.91. The Kier molecular flexibility index (Phi) is 5.14. The van der Waals surface area contributed by atoms with Gasteiger partial charge in [0.05, 0.1) is 5.69 Å². The minimum Gasteiger partial charge on any atom is -0.370 e. The van der Waals surface area contributed by atoms with Crippen molar-refractivity contribution in [1.29, 1.82) is 0 Å². The molecule has 2 rings (SSSR count). The smallest absolute Gasteiger partial charge is 0.0511 e. The molecule has 0 aliphatic carbocycles. The molecule has 0 amide bonds. The largest absolute Gasteiger partial charge is 0.370 e. The van der Waals surface area contributed by atoms with E-state index in [1.807, 2.05) is 0 Å². The number of hydrogen-bond acceptors (Lipinski definition) is 2. The summed E-state index contributed by atoms with van der Waals surface area (Å²) in [4.78, 5) is 2.50. The monoisotopic (exact) mass is 338 g/mol. The van der Waals surface area contributed by atoms with Crippen LogP contribution >= 0.6 is 15.9 Å². The summed E-state index contributed by atoms with van der Waals surface area (Å²) < 4.78 is 1.22. The van der Waals surface area contributed by atoms with Gasteiger partial charge in [-0.1, -0.05) is 33.8 Å². The number of rotatable bonds is 5. The lowest BCUT2D eigenvalue weighted by Gasteiger charge is -2.23. The van der Waals surface area contributed by atoms with Gasteiger partial charge in [0.1, 0.15) is 0 Å². The van der Waals surface area contributed by atoms with Crippen LogP contribution < -0.4 is 10.2 Å². The fourth-order valence-electron chi connectivity index (χ4n) is 2.74. The lowest BCUT2D eigenvalue weighted by atomic mass is 9.93. The van der Waals surface area contributed by atoms with Gasteiger partial charge in [-0.2, -0.15) is 0 Å². The highest BCUT2D eigenvalue weighted by atomic mass is 79.9. The number of halogens is 1. The summed E-state index contributed by atoms with van der Waals surface area (Å²) in [5.74, 6) is 0.699. The minimum atomic E-state index is 0.441. The van der Waals surface area contributed by atoms with Gasteiger partial charge in [-0.25, -0.2) is 0 Å². The molecule has 1 aromatic carbocycles. The van der Waals surface area contributed by atoms with Crippen LogP contribution in [0.1, 0.15) is 39.7 Å². The molecule has 3 heteroatoms. The Bertz CT molecular complexity index is 454. The molecule has 1 aromatic rings. The van der Waals surface area contributed by atoms with E-state index in [9.17, 15) is 0 Å². The van der Waals surface area contributed by atoms with E-state index in [-0.39, 0.29) is 0 Å². The highest BCUT2D eigenvalue weighted by molar-refractivity contribution is 9.10. The molecule has 2 nitrogen and oxygen atoms in total. The Labute approximate surface area is 132 Å². The second kappa shape index (κ2) is 6.48. The quantitative estimate of drug-likeness (QED) is 0.854. The molecule has 1 aliphatic heterocycles. The maximum absolute atomic E-state index is 3.75. The average Bonchev–Trinajstić information content (AvgIpc) is 2.69. The fraction of sp³-hybridized carbons (Fsp3) is 0.647. The maximum atomic E-state index is 3.75. The third kappa shape index (κ3) is 4.23. The fourth-order valence-corrected chi connectivity index (χ4v) is 3.42. The van der Waals surface area contributed by atoms with E-state index in [1.54, 1.807) is 0 Å². The topological polar surface area (TPSA) is 15.3 Å². The zero-order valence-corrected chi connectivity index (χ0v) is 14.8. The normalized spacial score (nSPS) is 18.0. The van der Waals surface area contributed by atoms with Gasteiger partial charge < -0.3 is 10.2 Å². The van der Waals surface area contributed by atoms with Crippen molar-refractivity contribution < 1.29 is 0 Å². The van der Waals surface area contributed by atoms with Gasteiger partial charge in [0.15, 0.2) is 0 Å². The number of benzene rings is 1. The van der Waals surface area contributed by atoms with Crippen LogP contribution in [0.2, 0.25) is 0 Å². The van der Waals surface area contributed by atoms with Crippen molar-refractivity contribution in [3.63, 3.8) is 0 Å². The van der Waals surface area contributed by atoms with Gasteiger partial charge in [0.2, 0.25) is 0 Å². The molecule has 1 fully saturated rings. The first-order chi connectivity index (χ1) is 9.37. The number of nitrogens with zero attached hydrogens (tertiary/aromatic N) is 1. The van der Waals surface area contributed by atoms with E-state index in [1.165, 1.54) is 22.1 Å². The first-order valence-electron chi connectivity index (χ1n) is 7.61. The van der Waals surface area contributed by atoms with Crippen LogP contribution in [0.15, 0.2) is 22.7 Å². The van der Waals surface area contributed by atoms with Crippen LogP contribution in [0, 0.1) is 11.3 Å². The molecule has 0 spiro atoms. The van der Waals surface area contributed by atoms with Crippen LogP contribution in [0.4, 0.5) is 5.69 Å². The van der Waals surface area contributed by atoms with Crippen LogP contribution in [-0.2, 0) is 6.54 Å². The molecule has 0 atom stereocenters. The molecule has 0 radical (unpaired) electrons. The van der Waals surface area contributed by atoms with Gasteiger partial charge in [0.25, 0.3) is 0 Å². The van der Waals surface area contributed by atoms with Crippen molar-refractivity contribution >= 4 is 21.6 Å². The van der Waals surface area contributed by atoms with E-state index >= 15 is 0 Å². The second-order valence-corrected chi connectivity index (χ2v) is 8.00. The maximum Gasteiger partial charge on any atom is 0.0511 e. The highest BCUT2D eigenvalue weighted by Crippen LogP contribution is 2.36. The zero-order chi connectivity index (χ0) is 14.8. The minimum absolute atomic E-state index is 0.441. The van der Waals surface area contributed by atoms with Crippen LogP contribution in [0.3, 0.4) is 0 Å². The summed E-state index contributed by atoms with van der Waals surface area (Å²) in [6.07, 6.45) is 1.27. The molecule has 0 saturated carbocycles. The predicted octanol–water partition coefficient (Wildman–Crippen LogP) is 4.43. The first-order valence-corrected chi connectivity index (χ1v) is 8.41. The highest BCUT2D eigenvalue weighted by Gasteiger charge is 2.29. The molecule has 0 unspecified atom stereocenters. The van der Waals surface area contributed by atoms with Crippen LogP contribution in [-0.4, -0.2) is 19.6 Å². The summed E-state index contributed by atoms with van der Waals surface area (Å²) in [6, 6.07) is 6.77. The van der Waals surface area contributed by atoms with E-state index in [4.69, 9.17) is 0 Å². The Morgan fingerprint density at radius 1 is 1.35 bits per heavy atom. The average molecular weight is 339 g/mol. The molecular formula is C17H27BrN2. The summed E-state index contributed by atoms with van der Waals surface area (Å²) in [5.41, 5.74) is 3.12. The zero-order valence-electron chi connectivity index (χ0n) is 13.2. The van der Waals surface area contributed by atoms with E-state index in [0.717, 1.165) is 26.2 Å². The molecule has 1 saturated heterocycles. The predicted molar refractivity (Wildman–Crippen MR) is 91.3 cm³/mol. The second-order valence-electron chi connectivity index (χ2n) is 7.15. The number of anilines is 1. The SMILES string of the molecule is CC(C)CNCc1ccc(N2CCC(C)(C)C2)c(Br)c1. The van der Waals surface area contributed by atoms with Crippen LogP contribution in [0.5, 0.6) is 0 Å². The van der Waals surface area contributed by atoms with Gasteiger partial charge >= 0.3 is 0 Å². The standard InChI is InChI=1S/C17H27BrN2/c1-13(2)10-19-11-14-5-6-16(15(18)9-14)20-8-7-17(3,4)12-20/h5-6,9,13,19H,7-8,10-12H2,1-4H3. The lowest BCUT2D eigenvalue weighted by molar-refractivity contribution is 0.418. The Hall–Kier alpha value is -0.540. The van der Waals surface area contributed by atoms with Crippen molar-refractivity contribution in [3.8, 4) is 0 Å². The van der Waals surface area contributed by atoms with Crippen molar-refractivity contribution in [1.82, 2.24) is 5.32 Å². The summed E-state index contributed by atoms with van der Waals surface area (Å²) in [5, 5.41) is 3.50. The Balaban J connectivity index is 1.99. The molecular weight excluding hydrogens is 312 g/mol. The Morgan fingerprint density at radius 2 is 2.10 bits per heavy atom. The van der Waals surface area contributed by atoms with E-state index in [2.05, 4.69) is 72.0 Å². The Morgan fingerprint density at radius 3 is 2.65 bits per heavy atom. The molecule has 0 bridgehead atoms. The van der Waals surface area contributed by atoms with Crippen LogP contribution in [0.25, 0.3) is 0 Å². The number of nitrogens with one attached hydrogen (secondary N) is 1. The molecule has 1 heterocycles. The summed E-state index contributed by atoms with van der Waals surface area (Å²) in [6.45, 7) is 13.5. The van der Waals surface area contributed by atoms with Gasteiger partial charge in [-0.05, 0) is 57.9 Å². The summed E-state index contributed by atoms with van der Waals surface area (Å²) in [7, 11) is 0. The molecule has 0 aromatic heterocycles. The molecule has 1 aliphatic rings.